The highest BCUT2D eigenvalue weighted by Crippen LogP contribution is 2.50. The predicted octanol–water partition coefficient (Wildman–Crippen LogP) is 3.59. The largest absolute Gasteiger partial charge is 0.393 e. The molecule has 3 aliphatic rings. The SMILES string of the molecule is OC(CC1CC2CCC1C2)C1Cc2ccccc2C1. The molecule has 1 aromatic carbocycles. The Balaban J connectivity index is 1.39. The first-order chi connectivity index (χ1) is 9.29. The fraction of sp³-hybridized carbons (Fsp3) is 0.667. The average molecular weight is 256 g/mol. The van der Waals surface area contributed by atoms with Crippen molar-refractivity contribution in [1.29, 1.82) is 0 Å². The standard InChI is InChI=1S/C18H24O/c19-18(11-16-8-12-5-6-15(16)7-12)17-9-13-3-1-2-4-14(13)10-17/h1-4,12,15-19H,5-11H2. The van der Waals surface area contributed by atoms with Gasteiger partial charge in [0.15, 0.2) is 0 Å². The van der Waals surface area contributed by atoms with Crippen LogP contribution >= 0.6 is 0 Å². The summed E-state index contributed by atoms with van der Waals surface area (Å²) in [4.78, 5) is 0. The molecule has 1 aromatic rings. The maximum absolute atomic E-state index is 10.6. The fourth-order valence-electron chi connectivity index (χ4n) is 5.03. The molecule has 0 aromatic heterocycles. The smallest absolute Gasteiger partial charge is 0.0577 e. The second-order valence-electron chi connectivity index (χ2n) is 7.18. The first-order valence-corrected chi connectivity index (χ1v) is 8.04. The number of hydrogen-bond acceptors (Lipinski definition) is 1. The zero-order chi connectivity index (χ0) is 12.8. The van der Waals surface area contributed by atoms with Gasteiger partial charge in [-0.1, -0.05) is 30.7 Å². The van der Waals surface area contributed by atoms with Crippen molar-refractivity contribution in [2.24, 2.45) is 23.7 Å². The van der Waals surface area contributed by atoms with Crippen molar-refractivity contribution >= 4 is 0 Å². The molecule has 102 valence electrons. The maximum Gasteiger partial charge on any atom is 0.0577 e. The van der Waals surface area contributed by atoms with Crippen LogP contribution in [0.15, 0.2) is 24.3 Å². The first kappa shape index (κ1) is 12.0. The van der Waals surface area contributed by atoms with Crippen molar-refractivity contribution in [2.45, 2.75) is 51.0 Å². The summed E-state index contributed by atoms with van der Waals surface area (Å²) in [6.07, 6.45) is 8.95. The summed E-state index contributed by atoms with van der Waals surface area (Å²) < 4.78 is 0. The zero-order valence-electron chi connectivity index (χ0n) is 11.6. The lowest BCUT2D eigenvalue weighted by Crippen LogP contribution is -2.26. The van der Waals surface area contributed by atoms with Gasteiger partial charge in [0.1, 0.15) is 0 Å². The van der Waals surface area contributed by atoms with Gasteiger partial charge in [0, 0.05) is 0 Å². The van der Waals surface area contributed by atoms with Gasteiger partial charge in [0.2, 0.25) is 0 Å². The molecule has 4 unspecified atom stereocenters. The molecule has 0 spiro atoms. The topological polar surface area (TPSA) is 20.2 Å². The van der Waals surface area contributed by atoms with Crippen LogP contribution in [0.2, 0.25) is 0 Å². The Labute approximate surface area is 116 Å². The van der Waals surface area contributed by atoms with E-state index in [0.29, 0.717) is 5.92 Å². The van der Waals surface area contributed by atoms with Crippen molar-refractivity contribution < 1.29 is 5.11 Å². The van der Waals surface area contributed by atoms with Gasteiger partial charge in [0.25, 0.3) is 0 Å². The number of fused-ring (bicyclic) bond motifs is 3. The summed E-state index contributed by atoms with van der Waals surface area (Å²) >= 11 is 0. The molecule has 3 aliphatic carbocycles. The lowest BCUT2D eigenvalue weighted by Gasteiger charge is -2.27. The minimum atomic E-state index is -0.0725. The number of benzene rings is 1. The van der Waals surface area contributed by atoms with E-state index in [4.69, 9.17) is 0 Å². The molecule has 4 atom stereocenters. The molecule has 4 rings (SSSR count). The summed E-state index contributed by atoms with van der Waals surface area (Å²) in [5.74, 6) is 3.26. The van der Waals surface area contributed by atoms with Crippen molar-refractivity contribution in [3.63, 3.8) is 0 Å². The number of aliphatic hydroxyl groups is 1. The van der Waals surface area contributed by atoms with E-state index in [1.165, 1.54) is 36.8 Å². The quantitative estimate of drug-likeness (QED) is 0.876. The first-order valence-electron chi connectivity index (χ1n) is 8.04. The van der Waals surface area contributed by atoms with E-state index in [0.717, 1.165) is 37.0 Å². The molecule has 1 heteroatoms. The Bertz CT molecular complexity index is 442. The lowest BCUT2D eigenvalue weighted by atomic mass is 9.81. The molecular formula is C18H24O. The minimum Gasteiger partial charge on any atom is -0.393 e. The molecule has 1 N–H and O–H groups in total. The molecule has 2 fully saturated rings. The molecular weight excluding hydrogens is 232 g/mol. The van der Waals surface area contributed by atoms with E-state index < -0.39 is 0 Å². The molecule has 0 heterocycles. The highest BCUT2D eigenvalue weighted by atomic mass is 16.3. The molecule has 0 amide bonds. The van der Waals surface area contributed by atoms with Gasteiger partial charge in [0.05, 0.1) is 6.10 Å². The molecule has 1 nitrogen and oxygen atoms in total. The highest BCUT2D eigenvalue weighted by Gasteiger charge is 2.41. The van der Waals surface area contributed by atoms with E-state index in [2.05, 4.69) is 24.3 Å². The van der Waals surface area contributed by atoms with Gasteiger partial charge >= 0.3 is 0 Å². The molecule has 0 aliphatic heterocycles. The van der Waals surface area contributed by atoms with Crippen LogP contribution in [-0.4, -0.2) is 11.2 Å². The second-order valence-corrected chi connectivity index (χ2v) is 7.18. The van der Waals surface area contributed by atoms with Crippen LogP contribution < -0.4 is 0 Å². The third-order valence-corrected chi connectivity index (χ3v) is 6.06. The van der Waals surface area contributed by atoms with E-state index in [1.54, 1.807) is 0 Å². The van der Waals surface area contributed by atoms with Crippen LogP contribution in [0.5, 0.6) is 0 Å². The van der Waals surface area contributed by atoms with Gasteiger partial charge < -0.3 is 5.11 Å². The molecule has 0 radical (unpaired) electrons. The van der Waals surface area contributed by atoms with Crippen LogP contribution in [0.25, 0.3) is 0 Å². The third kappa shape index (κ3) is 2.12. The average Bonchev–Trinajstić information content (AvgIpc) is 3.12. The number of aliphatic hydroxyl groups excluding tert-OH is 1. The Kier molecular flexibility index (Phi) is 2.91. The Morgan fingerprint density at radius 1 is 1.05 bits per heavy atom. The van der Waals surface area contributed by atoms with E-state index >= 15 is 0 Å². The summed E-state index contributed by atoms with van der Waals surface area (Å²) in [5.41, 5.74) is 2.94. The van der Waals surface area contributed by atoms with E-state index in [1.807, 2.05) is 0 Å². The third-order valence-electron chi connectivity index (χ3n) is 6.06. The van der Waals surface area contributed by atoms with E-state index in [9.17, 15) is 5.11 Å². The lowest BCUT2D eigenvalue weighted by molar-refractivity contribution is 0.0742. The summed E-state index contributed by atoms with van der Waals surface area (Å²) in [6, 6.07) is 8.73. The number of hydrogen-bond donors (Lipinski definition) is 1. The summed E-state index contributed by atoms with van der Waals surface area (Å²) in [7, 11) is 0. The second kappa shape index (κ2) is 4.63. The Morgan fingerprint density at radius 3 is 2.37 bits per heavy atom. The van der Waals surface area contributed by atoms with E-state index in [-0.39, 0.29) is 6.10 Å². The predicted molar refractivity (Wildman–Crippen MR) is 76.9 cm³/mol. The normalized spacial score (nSPS) is 34.7. The van der Waals surface area contributed by atoms with Crippen LogP contribution in [-0.2, 0) is 12.8 Å². The van der Waals surface area contributed by atoms with Crippen molar-refractivity contribution in [2.75, 3.05) is 0 Å². The molecule has 0 saturated heterocycles. The molecule has 2 bridgehead atoms. The van der Waals surface area contributed by atoms with Crippen LogP contribution in [0, 0.1) is 23.7 Å². The van der Waals surface area contributed by atoms with Crippen molar-refractivity contribution in [3.05, 3.63) is 35.4 Å². The highest BCUT2D eigenvalue weighted by molar-refractivity contribution is 5.32. The van der Waals surface area contributed by atoms with Crippen molar-refractivity contribution in [3.8, 4) is 0 Å². The van der Waals surface area contributed by atoms with Gasteiger partial charge in [-0.2, -0.15) is 0 Å². The summed E-state index contributed by atoms with van der Waals surface area (Å²) in [5, 5.41) is 10.6. The molecule has 2 saturated carbocycles. The van der Waals surface area contributed by atoms with Crippen LogP contribution in [0.3, 0.4) is 0 Å². The monoisotopic (exact) mass is 256 g/mol. The zero-order valence-corrected chi connectivity index (χ0v) is 11.6. The van der Waals surface area contributed by atoms with Gasteiger partial charge in [-0.3, -0.25) is 0 Å². The minimum absolute atomic E-state index is 0.0725. The van der Waals surface area contributed by atoms with Gasteiger partial charge in [-0.05, 0) is 73.3 Å². The van der Waals surface area contributed by atoms with Gasteiger partial charge in [-0.25, -0.2) is 0 Å². The number of rotatable bonds is 3. The van der Waals surface area contributed by atoms with Crippen molar-refractivity contribution in [1.82, 2.24) is 0 Å². The Morgan fingerprint density at radius 2 is 1.79 bits per heavy atom. The fourth-order valence-corrected chi connectivity index (χ4v) is 5.03. The van der Waals surface area contributed by atoms with Gasteiger partial charge in [-0.15, -0.1) is 0 Å². The Hall–Kier alpha value is -0.820. The van der Waals surface area contributed by atoms with Crippen LogP contribution in [0.4, 0.5) is 0 Å². The molecule has 19 heavy (non-hydrogen) atoms. The maximum atomic E-state index is 10.6. The van der Waals surface area contributed by atoms with Crippen LogP contribution in [0.1, 0.15) is 43.2 Å². The summed E-state index contributed by atoms with van der Waals surface area (Å²) in [6.45, 7) is 0.